The average molecular weight is 306 g/mol. The zero-order valence-electron chi connectivity index (χ0n) is 12.2. The Morgan fingerprint density at radius 3 is 2.57 bits per heavy atom. The number of ether oxygens (including phenoxy) is 1. The van der Waals surface area contributed by atoms with Crippen molar-refractivity contribution in [3.63, 3.8) is 0 Å². The van der Waals surface area contributed by atoms with E-state index < -0.39 is 10.8 Å². The highest BCUT2D eigenvalue weighted by Gasteiger charge is 2.10. The second kappa shape index (κ2) is 7.36. The van der Waals surface area contributed by atoms with Crippen LogP contribution in [0.4, 0.5) is 4.39 Å². The van der Waals surface area contributed by atoms with Crippen molar-refractivity contribution in [2.75, 3.05) is 0 Å². The van der Waals surface area contributed by atoms with Gasteiger partial charge in [-0.3, -0.25) is 4.21 Å². The van der Waals surface area contributed by atoms with Crippen LogP contribution < -0.4 is 4.74 Å². The van der Waals surface area contributed by atoms with Gasteiger partial charge in [-0.25, -0.2) is 4.39 Å². The molecule has 112 valence electrons. The van der Waals surface area contributed by atoms with E-state index in [0.29, 0.717) is 11.5 Å². The monoisotopic (exact) mass is 306 g/mol. The minimum Gasteiger partial charge on any atom is -0.491 e. The molecule has 2 nitrogen and oxygen atoms in total. The largest absolute Gasteiger partial charge is 0.491 e. The van der Waals surface area contributed by atoms with E-state index in [9.17, 15) is 8.60 Å². The van der Waals surface area contributed by atoms with Crippen LogP contribution >= 0.6 is 0 Å². The molecular formula is C17H19FO2S. The quantitative estimate of drug-likeness (QED) is 0.804. The molecule has 2 aromatic carbocycles. The maximum atomic E-state index is 13.1. The molecule has 0 unspecified atom stereocenters. The molecule has 0 bridgehead atoms. The van der Waals surface area contributed by atoms with E-state index in [2.05, 4.69) is 0 Å². The summed E-state index contributed by atoms with van der Waals surface area (Å²) in [4.78, 5) is 0. The van der Waals surface area contributed by atoms with E-state index in [1.54, 1.807) is 12.1 Å². The van der Waals surface area contributed by atoms with Crippen LogP contribution in [0.15, 0.2) is 48.5 Å². The van der Waals surface area contributed by atoms with Gasteiger partial charge in [0.05, 0.1) is 11.9 Å². The lowest BCUT2D eigenvalue weighted by molar-refractivity contribution is 0.240. The van der Waals surface area contributed by atoms with Crippen LogP contribution in [-0.2, 0) is 22.3 Å². The van der Waals surface area contributed by atoms with Crippen molar-refractivity contribution in [3.8, 4) is 5.75 Å². The second-order valence-electron chi connectivity index (χ2n) is 5.13. The molecule has 21 heavy (non-hydrogen) atoms. The second-order valence-corrected chi connectivity index (χ2v) is 6.59. The Balaban J connectivity index is 2.06. The Labute approximate surface area is 127 Å². The van der Waals surface area contributed by atoms with Crippen LogP contribution in [0.1, 0.15) is 25.0 Å². The zero-order valence-corrected chi connectivity index (χ0v) is 13.0. The summed E-state index contributed by atoms with van der Waals surface area (Å²) in [6.45, 7) is 3.92. The Morgan fingerprint density at radius 2 is 1.86 bits per heavy atom. The third kappa shape index (κ3) is 4.97. The first-order chi connectivity index (χ1) is 10.0. The molecule has 0 saturated heterocycles. The van der Waals surface area contributed by atoms with Gasteiger partial charge in [-0.1, -0.05) is 30.3 Å². The molecule has 0 saturated carbocycles. The number of hydrogen-bond acceptors (Lipinski definition) is 2. The Hall–Kier alpha value is -1.68. The molecular weight excluding hydrogens is 287 g/mol. The fraction of sp³-hybridized carbons (Fsp3) is 0.294. The number of hydrogen-bond donors (Lipinski definition) is 0. The van der Waals surface area contributed by atoms with Crippen molar-refractivity contribution < 1.29 is 13.3 Å². The van der Waals surface area contributed by atoms with Gasteiger partial charge in [0.2, 0.25) is 0 Å². The predicted molar refractivity (Wildman–Crippen MR) is 84.2 cm³/mol. The normalized spacial score (nSPS) is 12.4. The Bertz CT molecular complexity index is 626. The maximum absolute atomic E-state index is 13.1. The molecule has 4 heteroatoms. The van der Waals surface area contributed by atoms with Gasteiger partial charge in [0.25, 0.3) is 0 Å². The molecule has 2 aromatic rings. The van der Waals surface area contributed by atoms with Gasteiger partial charge in [-0.05, 0) is 37.6 Å². The van der Waals surface area contributed by atoms with E-state index in [-0.39, 0.29) is 11.9 Å². The van der Waals surface area contributed by atoms with Crippen molar-refractivity contribution in [2.45, 2.75) is 31.5 Å². The summed E-state index contributed by atoms with van der Waals surface area (Å²) in [6.07, 6.45) is 0.0720. The Kier molecular flexibility index (Phi) is 5.51. The highest BCUT2D eigenvalue weighted by Crippen LogP contribution is 2.22. The van der Waals surface area contributed by atoms with Crippen LogP contribution in [0.3, 0.4) is 0 Å². The molecule has 0 N–H and O–H groups in total. The summed E-state index contributed by atoms with van der Waals surface area (Å²) in [7, 11) is -1.10. The van der Waals surface area contributed by atoms with Crippen LogP contribution in [0.25, 0.3) is 0 Å². The SMILES string of the molecule is CC(C)Oc1ccccc1C[S@@](=O)Cc1cccc(F)c1. The van der Waals surface area contributed by atoms with Crippen LogP contribution in [0, 0.1) is 5.82 Å². The lowest BCUT2D eigenvalue weighted by Gasteiger charge is -2.14. The van der Waals surface area contributed by atoms with Crippen LogP contribution in [-0.4, -0.2) is 10.3 Å². The smallest absolute Gasteiger partial charge is 0.123 e. The third-order valence-corrected chi connectivity index (χ3v) is 4.16. The molecule has 2 rings (SSSR count). The topological polar surface area (TPSA) is 26.3 Å². The fourth-order valence-electron chi connectivity index (χ4n) is 2.03. The zero-order chi connectivity index (χ0) is 15.2. The number of halogens is 1. The molecule has 0 amide bonds. The Morgan fingerprint density at radius 1 is 1.10 bits per heavy atom. The van der Waals surface area contributed by atoms with Gasteiger partial charge in [0.1, 0.15) is 11.6 Å². The first kappa shape index (κ1) is 15.7. The summed E-state index contributed by atoms with van der Waals surface area (Å²) in [5.74, 6) is 1.21. The molecule has 0 aliphatic heterocycles. The van der Waals surface area contributed by atoms with Gasteiger partial charge >= 0.3 is 0 Å². The van der Waals surface area contributed by atoms with Crippen LogP contribution in [0.5, 0.6) is 5.75 Å². The minimum atomic E-state index is -1.10. The van der Waals surface area contributed by atoms with Crippen molar-refractivity contribution in [1.82, 2.24) is 0 Å². The first-order valence-electron chi connectivity index (χ1n) is 6.88. The molecule has 0 fully saturated rings. The van der Waals surface area contributed by atoms with Crippen molar-refractivity contribution in [1.29, 1.82) is 0 Å². The van der Waals surface area contributed by atoms with E-state index in [1.165, 1.54) is 12.1 Å². The van der Waals surface area contributed by atoms with Crippen LogP contribution in [0.2, 0.25) is 0 Å². The summed E-state index contributed by atoms with van der Waals surface area (Å²) in [5, 5.41) is 0. The van der Waals surface area contributed by atoms with Gasteiger partial charge in [-0.15, -0.1) is 0 Å². The highest BCUT2D eigenvalue weighted by molar-refractivity contribution is 7.83. The maximum Gasteiger partial charge on any atom is 0.123 e. The lowest BCUT2D eigenvalue weighted by Crippen LogP contribution is -2.09. The van der Waals surface area contributed by atoms with Gasteiger partial charge < -0.3 is 4.74 Å². The number of rotatable bonds is 6. The fourth-order valence-corrected chi connectivity index (χ4v) is 3.27. The molecule has 0 spiro atoms. The van der Waals surface area contributed by atoms with Crippen molar-refractivity contribution in [2.24, 2.45) is 0 Å². The number of benzene rings is 2. The van der Waals surface area contributed by atoms with Gasteiger partial charge in [0, 0.05) is 22.1 Å². The van der Waals surface area contributed by atoms with E-state index in [4.69, 9.17) is 4.74 Å². The van der Waals surface area contributed by atoms with E-state index in [1.807, 2.05) is 38.1 Å². The minimum absolute atomic E-state index is 0.0720. The molecule has 0 heterocycles. The third-order valence-electron chi connectivity index (χ3n) is 2.87. The summed E-state index contributed by atoms with van der Waals surface area (Å²) >= 11 is 0. The van der Waals surface area contributed by atoms with Gasteiger partial charge in [0.15, 0.2) is 0 Å². The number of para-hydroxylation sites is 1. The summed E-state index contributed by atoms with van der Waals surface area (Å²) < 4.78 is 31.1. The average Bonchev–Trinajstić information content (AvgIpc) is 2.40. The molecule has 1 atom stereocenters. The van der Waals surface area contributed by atoms with E-state index in [0.717, 1.165) is 16.9 Å². The van der Waals surface area contributed by atoms with Crippen molar-refractivity contribution >= 4 is 10.8 Å². The van der Waals surface area contributed by atoms with Gasteiger partial charge in [-0.2, -0.15) is 0 Å². The summed E-state index contributed by atoms with van der Waals surface area (Å²) in [6, 6.07) is 13.8. The van der Waals surface area contributed by atoms with E-state index >= 15 is 0 Å². The molecule has 0 aliphatic rings. The predicted octanol–water partition coefficient (Wildman–Crippen LogP) is 4.06. The first-order valence-corrected chi connectivity index (χ1v) is 8.37. The van der Waals surface area contributed by atoms with Crippen molar-refractivity contribution in [3.05, 3.63) is 65.5 Å². The highest BCUT2D eigenvalue weighted by atomic mass is 32.2. The lowest BCUT2D eigenvalue weighted by atomic mass is 10.2. The standard InChI is InChI=1S/C17H19FO2S/c1-13(2)20-17-9-4-3-7-15(17)12-21(19)11-14-6-5-8-16(18)10-14/h3-10,13H,11-12H2,1-2H3/t21-/m0/s1. The summed E-state index contributed by atoms with van der Waals surface area (Å²) in [5.41, 5.74) is 1.66. The molecule has 0 aromatic heterocycles. The molecule has 0 radical (unpaired) electrons. The molecule has 0 aliphatic carbocycles.